The van der Waals surface area contributed by atoms with Gasteiger partial charge in [0.2, 0.25) is 0 Å². The Morgan fingerprint density at radius 2 is 1.50 bits per heavy atom. The van der Waals surface area contributed by atoms with Gasteiger partial charge in [-0.25, -0.2) is 13.3 Å². The average Bonchev–Trinajstić information content (AvgIpc) is 2.65. The van der Waals surface area contributed by atoms with Gasteiger partial charge in [0, 0.05) is 32.1 Å². The summed E-state index contributed by atoms with van der Waals surface area (Å²) in [5.74, 6) is 1.06. The molecule has 0 bridgehead atoms. The van der Waals surface area contributed by atoms with Gasteiger partial charge in [0.1, 0.15) is 0 Å². The number of fused-ring (bicyclic) bond motifs is 1. The molecule has 0 radical (unpaired) electrons. The normalized spacial score (nSPS) is 26.6. The fourth-order valence-corrected chi connectivity index (χ4v) is 7.45. The Labute approximate surface area is 147 Å². The third-order valence-corrected chi connectivity index (χ3v) is 7.43. The molecule has 138 valence electrons. The van der Waals surface area contributed by atoms with Crippen molar-refractivity contribution in [2.24, 2.45) is 4.36 Å². The first-order valence-electron chi connectivity index (χ1n) is 8.68. The van der Waals surface area contributed by atoms with Crippen molar-refractivity contribution < 1.29 is 4.21 Å². The average molecular weight is 355 g/mol. The minimum absolute atomic E-state index is 0.166. The molecule has 0 spiro atoms. The zero-order valence-electron chi connectivity index (χ0n) is 17.0. The third-order valence-electron chi connectivity index (χ3n) is 4.20. The van der Waals surface area contributed by atoms with Crippen molar-refractivity contribution in [2.45, 2.75) is 91.1 Å². The molecule has 1 aliphatic heterocycles. The van der Waals surface area contributed by atoms with Crippen LogP contribution in [0.2, 0.25) is 0 Å². The van der Waals surface area contributed by atoms with Crippen molar-refractivity contribution in [3.8, 4) is 0 Å². The van der Waals surface area contributed by atoms with Crippen LogP contribution in [0, 0.1) is 0 Å². The first-order chi connectivity index (χ1) is 10.5. The van der Waals surface area contributed by atoms with E-state index in [2.05, 4.69) is 58.8 Å². The fraction of sp³-hybridized carbons (Fsp3) is 0.889. The number of rotatable bonds is 0. The minimum Gasteiger partial charge on any atom is -0.250 e. The van der Waals surface area contributed by atoms with Gasteiger partial charge in [0.25, 0.3) is 0 Å². The second-order valence-electron chi connectivity index (χ2n) is 10.5. The lowest BCUT2D eigenvalue weighted by Gasteiger charge is -2.31. The van der Waals surface area contributed by atoms with E-state index < -0.39 is 9.73 Å². The van der Waals surface area contributed by atoms with Gasteiger partial charge in [-0.1, -0.05) is 32.9 Å². The summed E-state index contributed by atoms with van der Waals surface area (Å²) in [6.07, 6.45) is 0. The van der Waals surface area contributed by atoms with E-state index in [1.54, 1.807) is 0 Å². The highest BCUT2D eigenvalue weighted by molar-refractivity contribution is 7.93. The fourth-order valence-electron chi connectivity index (χ4n) is 3.69. The monoisotopic (exact) mass is 354 g/mol. The number of aromatic nitrogens is 3. The topological polar surface area (TPSA) is 60.1 Å². The molecule has 0 saturated heterocycles. The molecule has 1 aromatic rings. The lowest BCUT2D eigenvalue weighted by Crippen LogP contribution is -2.36. The van der Waals surface area contributed by atoms with Crippen LogP contribution < -0.4 is 0 Å². The molecule has 0 saturated carbocycles. The first kappa shape index (κ1) is 19.4. The van der Waals surface area contributed by atoms with Gasteiger partial charge >= 0.3 is 0 Å². The van der Waals surface area contributed by atoms with Gasteiger partial charge in [0.05, 0.1) is 22.5 Å². The Kier molecular flexibility index (Phi) is 4.28. The Hall–Kier alpha value is -0.910. The molecular formula is C18H34N4OS. The predicted octanol–water partition coefficient (Wildman–Crippen LogP) is 3.87. The summed E-state index contributed by atoms with van der Waals surface area (Å²) in [6, 6.07) is 0. The Morgan fingerprint density at radius 3 is 1.96 bits per heavy atom. The van der Waals surface area contributed by atoms with E-state index in [1.807, 2.05) is 25.5 Å². The molecule has 0 N–H and O–H groups in total. The summed E-state index contributed by atoms with van der Waals surface area (Å²) in [6.45, 7) is 21.0. The van der Waals surface area contributed by atoms with E-state index in [4.69, 9.17) is 4.36 Å². The van der Waals surface area contributed by atoms with Crippen LogP contribution in [0.25, 0.3) is 0 Å². The van der Waals surface area contributed by atoms with Crippen molar-refractivity contribution >= 4 is 9.73 Å². The van der Waals surface area contributed by atoms with Crippen LogP contribution in [-0.4, -0.2) is 36.2 Å². The summed E-state index contributed by atoms with van der Waals surface area (Å²) in [5.41, 5.74) is 0.972. The van der Waals surface area contributed by atoms with E-state index in [-0.39, 0.29) is 21.9 Å². The first-order valence-corrected chi connectivity index (χ1v) is 10.5. The number of hydrogen-bond donors (Lipinski definition) is 0. The quantitative estimate of drug-likeness (QED) is 0.710. The molecule has 1 atom stereocenters. The van der Waals surface area contributed by atoms with Gasteiger partial charge in [0.15, 0.2) is 0 Å². The molecule has 0 aromatic carbocycles. The second kappa shape index (κ2) is 5.29. The molecule has 0 aliphatic carbocycles. The lowest BCUT2D eigenvalue weighted by molar-refractivity contribution is 0.316. The Morgan fingerprint density at radius 1 is 1.00 bits per heavy atom. The Bertz CT molecular complexity index is 751. The summed E-state index contributed by atoms with van der Waals surface area (Å²) in [4.78, 5) is 0. The van der Waals surface area contributed by atoms with Gasteiger partial charge in [-0.05, 0) is 41.5 Å². The van der Waals surface area contributed by atoms with Crippen LogP contribution in [0.15, 0.2) is 4.36 Å². The van der Waals surface area contributed by atoms with Crippen LogP contribution >= 0.6 is 0 Å². The zero-order chi connectivity index (χ0) is 18.8. The van der Waals surface area contributed by atoms with Gasteiger partial charge < -0.3 is 0 Å². The minimum atomic E-state index is -2.36. The number of nitrogens with zero attached hydrogens (tertiary/aromatic N) is 4. The zero-order valence-corrected chi connectivity index (χ0v) is 17.8. The molecule has 24 heavy (non-hydrogen) atoms. The maximum Gasteiger partial charge on any atom is 0.0930 e. The highest BCUT2D eigenvalue weighted by atomic mass is 32.2. The van der Waals surface area contributed by atoms with Crippen LogP contribution in [-0.2, 0) is 26.1 Å². The highest BCUT2D eigenvalue weighted by Gasteiger charge is 2.46. The summed E-state index contributed by atoms with van der Waals surface area (Å²) >= 11 is 0. The summed E-state index contributed by atoms with van der Waals surface area (Å²) < 4.78 is 20.6. The maximum absolute atomic E-state index is 13.8. The molecule has 5 nitrogen and oxygen atoms in total. The van der Waals surface area contributed by atoms with Crippen molar-refractivity contribution in [3.63, 3.8) is 0 Å². The second-order valence-corrected chi connectivity index (χ2v) is 12.8. The molecule has 1 aromatic heterocycles. The molecule has 6 heteroatoms. The van der Waals surface area contributed by atoms with E-state index in [1.165, 1.54) is 0 Å². The summed E-state index contributed by atoms with van der Waals surface area (Å²) in [7, 11) is -2.36. The molecule has 1 aliphatic rings. The van der Waals surface area contributed by atoms with Crippen molar-refractivity contribution in [1.29, 1.82) is 0 Å². The molecular weight excluding hydrogens is 320 g/mol. The third kappa shape index (κ3) is 3.68. The van der Waals surface area contributed by atoms with Crippen molar-refractivity contribution in [1.82, 2.24) is 15.0 Å². The largest absolute Gasteiger partial charge is 0.250 e. The van der Waals surface area contributed by atoms with Gasteiger partial charge in [-0.2, -0.15) is 0 Å². The summed E-state index contributed by atoms with van der Waals surface area (Å²) in [5, 5.41) is 9.01. The van der Waals surface area contributed by atoms with Crippen LogP contribution in [0.4, 0.5) is 0 Å². The molecule has 2 rings (SSSR count). The molecule has 0 fully saturated rings. The highest BCUT2D eigenvalue weighted by Crippen LogP contribution is 2.41. The van der Waals surface area contributed by atoms with Crippen LogP contribution in [0.5, 0.6) is 0 Å². The molecule has 0 amide bonds. The van der Waals surface area contributed by atoms with Crippen molar-refractivity contribution in [2.75, 3.05) is 11.5 Å². The van der Waals surface area contributed by atoms with Crippen LogP contribution in [0.1, 0.15) is 80.6 Å². The number of hydrogen-bond acceptors (Lipinski definition) is 4. The van der Waals surface area contributed by atoms with E-state index in [0.717, 1.165) is 11.4 Å². The van der Waals surface area contributed by atoms with E-state index >= 15 is 0 Å². The standard InChI is InChI=1S/C18H34N4OS/c1-15(2,3)20-24(23)11-17(7,8)13-14(18(9,10)12-24)22(21-19-13)16(4,5)6/h11-12H2,1-10H3. The molecule has 1 unspecified atom stereocenters. The molecule has 2 heterocycles. The lowest BCUT2D eigenvalue weighted by atomic mass is 9.81. The van der Waals surface area contributed by atoms with Crippen molar-refractivity contribution in [3.05, 3.63) is 11.4 Å². The predicted molar refractivity (Wildman–Crippen MR) is 101 cm³/mol. The van der Waals surface area contributed by atoms with E-state index in [0.29, 0.717) is 11.5 Å². The SMILES string of the molecule is CC(C)(C)N=S1(=O)CC(C)(C)c2nnn(C(C)(C)C)c2C(C)(C)C1. The smallest absolute Gasteiger partial charge is 0.0930 e. The maximum atomic E-state index is 13.8. The van der Waals surface area contributed by atoms with Gasteiger partial charge in [-0.3, -0.25) is 0 Å². The Balaban J connectivity index is 2.77. The van der Waals surface area contributed by atoms with Crippen LogP contribution in [0.3, 0.4) is 0 Å². The van der Waals surface area contributed by atoms with E-state index in [9.17, 15) is 4.21 Å². The van der Waals surface area contributed by atoms with Gasteiger partial charge in [-0.15, -0.1) is 5.10 Å².